The molecular weight excluding hydrogens is 206 g/mol. The Morgan fingerprint density at radius 3 is 2.44 bits per heavy atom. The highest BCUT2D eigenvalue weighted by Gasteiger charge is 2.23. The van der Waals surface area contributed by atoms with Crippen molar-refractivity contribution in [2.24, 2.45) is 0 Å². The molecule has 0 aromatic rings. The Hall–Kier alpha value is -1.06. The summed E-state index contributed by atoms with van der Waals surface area (Å²) in [5, 5.41) is 0. The van der Waals surface area contributed by atoms with Crippen LogP contribution in [0.3, 0.4) is 0 Å². The SMILES string of the molecule is CCOC(=O)CCC(=O)N(C)C1CCCC1. The maximum atomic E-state index is 11.8. The zero-order valence-electron chi connectivity index (χ0n) is 10.2. The molecule has 92 valence electrons. The lowest BCUT2D eigenvalue weighted by molar-refractivity contribution is -0.145. The summed E-state index contributed by atoms with van der Waals surface area (Å²) in [5.74, 6) is -0.226. The predicted molar refractivity (Wildman–Crippen MR) is 60.9 cm³/mol. The second-order valence-corrected chi connectivity index (χ2v) is 4.25. The van der Waals surface area contributed by atoms with Crippen LogP contribution in [0.15, 0.2) is 0 Å². The molecule has 1 aliphatic carbocycles. The fourth-order valence-corrected chi connectivity index (χ4v) is 2.11. The van der Waals surface area contributed by atoms with Gasteiger partial charge in [0.05, 0.1) is 13.0 Å². The molecule has 0 aliphatic heterocycles. The molecule has 1 rings (SSSR count). The largest absolute Gasteiger partial charge is 0.466 e. The maximum absolute atomic E-state index is 11.8. The Kier molecular flexibility index (Phi) is 5.29. The third-order valence-corrected chi connectivity index (χ3v) is 3.11. The monoisotopic (exact) mass is 227 g/mol. The second kappa shape index (κ2) is 6.51. The Bertz CT molecular complexity index is 247. The first-order valence-electron chi connectivity index (χ1n) is 6.06. The normalized spacial score (nSPS) is 16.1. The van der Waals surface area contributed by atoms with Crippen molar-refractivity contribution in [3.63, 3.8) is 0 Å². The molecular formula is C12H21NO3. The predicted octanol–water partition coefficient (Wildman–Crippen LogP) is 1.73. The Labute approximate surface area is 96.9 Å². The van der Waals surface area contributed by atoms with Gasteiger partial charge in [-0.2, -0.15) is 0 Å². The Balaban J connectivity index is 2.25. The molecule has 1 amide bonds. The molecule has 4 nitrogen and oxygen atoms in total. The fraction of sp³-hybridized carbons (Fsp3) is 0.833. The molecule has 0 bridgehead atoms. The van der Waals surface area contributed by atoms with Crippen LogP contribution in [0.4, 0.5) is 0 Å². The van der Waals surface area contributed by atoms with Crippen LogP contribution in [0.25, 0.3) is 0 Å². The van der Waals surface area contributed by atoms with Gasteiger partial charge in [-0.25, -0.2) is 0 Å². The molecule has 0 radical (unpaired) electrons. The van der Waals surface area contributed by atoms with Crippen molar-refractivity contribution >= 4 is 11.9 Å². The fourth-order valence-electron chi connectivity index (χ4n) is 2.11. The lowest BCUT2D eigenvalue weighted by atomic mass is 10.2. The van der Waals surface area contributed by atoms with E-state index in [4.69, 9.17) is 4.74 Å². The summed E-state index contributed by atoms with van der Waals surface area (Å²) >= 11 is 0. The molecule has 0 aromatic carbocycles. The van der Waals surface area contributed by atoms with Crippen LogP contribution in [0.2, 0.25) is 0 Å². The summed E-state index contributed by atoms with van der Waals surface area (Å²) in [7, 11) is 1.84. The molecule has 0 heterocycles. The summed E-state index contributed by atoms with van der Waals surface area (Å²) in [6.07, 6.45) is 5.08. The number of nitrogens with zero attached hydrogens (tertiary/aromatic N) is 1. The van der Waals surface area contributed by atoms with Gasteiger partial charge >= 0.3 is 5.97 Å². The van der Waals surface area contributed by atoms with E-state index in [0.29, 0.717) is 12.6 Å². The van der Waals surface area contributed by atoms with Gasteiger partial charge in [0.25, 0.3) is 0 Å². The third-order valence-electron chi connectivity index (χ3n) is 3.11. The molecule has 1 saturated carbocycles. The number of amides is 1. The van der Waals surface area contributed by atoms with E-state index in [2.05, 4.69) is 0 Å². The number of hydrogen-bond acceptors (Lipinski definition) is 3. The van der Waals surface area contributed by atoms with Gasteiger partial charge < -0.3 is 9.64 Å². The molecule has 0 spiro atoms. The lowest BCUT2D eigenvalue weighted by Gasteiger charge is -2.24. The van der Waals surface area contributed by atoms with E-state index in [1.54, 1.807) is 11.8 Å². The van der Waals surface area contributed by atoms with Crippen molar-refractivity contribution in [1.29, 1.82) is 0 Å². The van der Waals surface area contributed by atoms with Crippen LogP contribution in [0.5, 0.6) is 0 Å². The molecule has 0 saturated heterocycles. The minimum Gasteiger partial charge on any atom is -0.466 e. The Morgan fingerprint density at radius 1 is 1.25 bits per heavy atom. The Morgan fingerprint density at radius 2 is 1.88 bits per heavy atom. The summed E-state index contributed by atoms with van der Waals surface area (Å²) < 4.78 is 4.79. The molecule has 1 fully saturated rings. The van der Waals surface area contributed by atoms with Gasteiger partial charge in [0, 0.05) is 19.5 Å². The van der Waals surface area contributed by atoms with Crippen LogP contribution < -0.4 is 0 Å². The van der Waals surface area contributed by atoms with Crippen molar-refractivity contribution in [2.75, 3.05) is 13.7 Å². The molecule has 0 N–H and O–H groups in total. The van der Waals surface area contributed by atoms with E-state index >= 15 is 0 Å². The molecule has 0 aromatic heterocycles. The highest BCUT2D eigenvalue weighted by molar-refractivity contribution is 5.81. The molecule has 16 heavy (non-hydrogen) atoms. The first kappa shape index (κ1) is 13.0. The smallest absolute Gasteiger partial charge is 0.306 e. The summed E-state index contributed by atoms with van der Waals surface area (Å²) in [4.78, 5) is 24.7. The van der Waals surface area contributed by atoms with Crippen molar-refractivity contribution < 1.29 is 14.3 Å². The van der Waals surface area contributed by atoms with Crippen molar-refractivity contribution in [3.8, 4) is 0 Å². The average molecular weight is 227 g/mol. The van der Waals surface area contributed by atoms with Crippen LogP contribution >= 0.6 is 0 Å². The molecule has 1 aliphatic rings. The van der Waals surface area contributed by atoms with E-state index < -0.39 is 0 Å². The van der Waals surface area contributed by atoms with E-state index in [1.807, 2.05) is 7.05 Å². The zero-order chi connectivity index (χ0) is 12.0. The maximum Gasteiger partial charge on any atom is 0.306 e. The van der Waals surface area contributed by atoms with Gasteiger partial charge in [-0.1, -0.05) is 12.8 Å². The summed E-state index contributed by atoms with van der Waals surface area (Å²) in [6, 6.07) is 0.384. The minimum absolute atomic E-state index is 0.0555. The number of esters is 1. The van der Waals surface area contributed by atoms with Gasteiger partial charge in [0.1, 0.15) is 0 Å². The quantitative estimate of drug-likeness (QED) is 0.672. The minimum atomic E-state index is -0.282. The summed E-state index contributed by atoms with van der Waals surface area (Å²) in [5.41, 5.74) is 0. The van der Waals surface area contributed by atoms with Gasteiger partial charge in [0.2, 0.25) is 5.91 Å². The van der Waals surface area contributed by atoms with Gasteiger partial charge in [0.15, 0.2) is 0 Å². The lowest BCUT2D eigenvalue weighted by Crippen LogP contribution is -2.35. The van der Waals surface area contributed by atoms with E-state index in [0.717, 1.165) is 12.8 Å². The van der Waals surface area contributed by atoms with Gasteiger partial charge in [-0.05, 0) is 19.8 Å². The highest BCUT2D eigenvalue weighted by Crippen LogP contribution is 2.22. The van der Waals surface area contributed by atoms with Crippen LogP contribution in [0, 0.1) is 0 Å². The van der Waals surface area contributed by atoms with E-state index in [1.165, 1.54) is 12.8 Å². The number of ether oxygens (including phenoxy) is 1. The van der Waals surface area contributed by atoms with Crippen molar-refractivity contribution in [2.45, 2.75) is 51.5 Å². The number of rotatable bonds is 5. The number of carbonyl (C=O) groups is 2. The van der Waals surface area contributed by atoms with E-state index in [-0.39, 0.29) is 24.7 Å². The second-order valence-electron chi connectivity index (χ2n) is 4.25. The van der Waals surface area contributed by atoms with Gasteiger partial charge in [-0.15, -0.1) is 0 Å². The molecule has 0 unspecified atom stereocenters. The topological polar surface area (TPSA) is 46.6 Å². The van der Waals surface area contributed by atoms with Crippen molar-refractivity contribution in [1.82, 2.24) is 4.90 Å². The first-order chi connectivity index (χ1) is 7.65. The average Bonchev–Trinajstić information content (AvgIpc) is 2.78. The number of hydrogen-bond donors (Lipinski definition) is 0. The molecule has 0 atom stereocenters. The van der Waals surface area contributed by atoms with E-state index in [9.17, 15) is 9.59 Å². The van der Waals surface area contributed by atoms with Crippen molar-refractivity contribution in [3.05, 3.63) is 0 Å². The van der Waals surface area contributed by atoms with Crippen LogP contribution in [-0.4, -0.2) is 36.5 Å². The molecule has 4 heteroatoms. The zero-order valence-corrected chi connectivity index (χ0v) is 10.2. The van der Waals surface area contributed by atoms with Crippen LogP contribution in [0.1, 0.15) is 45.4 Å². The first-order valence-corrected chi connectivity index (χ1v) is 6.06. The number of carbonyl (C=O) groups excluding carboxylic acids is 2. The highest BCUT2D eigenvalue weighted by atomic mass is 16.5. The third kappa shape index (κ3) is 3.83. The standard InChI is InChI=1S/C12H21NO3/c1-3-16-12(15)9-8-11(14)13(2)10-6-4-5-7-10/h10H,3-9H2,1-2H3. The van der Waals surface area contributed by atoms with Gasteiger partial charge in [-0.3, -0.25) is 9.59 Å². The summed E-state index contributed by atoms with van der Waals surface area (Å²) in [6.45, 7) is 2.15. The van der Waals surface area contributed by atoms with Crippen LogP contribution in [-0.2, 0) is 14.3 Å².